The molecule has 2 heteroatoms. The SMILES string of the molecule is CCCCCCCCCC1CCSS1. The summed E-state index contributed by atoms with van der Waals surface area (Å²) in [5, 5.41) is 0.996. The topological polar surface area (TPSA) is 0 Å². The maximum atomic E-state index is 2.29. The molecule has 0 radical (unpaired) electrons. The van der Waals surface area contributed by atoms with Gasteiger partial charge in [0.25, 0.3) is 0 Å². The van der Waals surface area contributed by atoms with Gasteiger partial charge in [-0.2, -0.15) is 0 Å². The highest BCUT2D eigenvalue weighted by Gasteiger charge is 2.15. The molecule has 1 saturated heterocycles. The van der Waals surface area contributed by atoms with Gasteiger partial charge in [-0.1, -0.05) is 73.5 Å². The largest absolute Gasteiger partial charge is 0.0938 e. The van der Waals surface area contributed by atoms with E-state index in [2.05, 4.69) is 28.5 Å². The third-order valence-electron chi connectivity index (χ3n) is 2.86. The van der Waals surface area contributed by atoms with E-state index in [0.717, 1.165) is 5.25 Å². The van der Waals surface area contributed by atoms with Crippen LogP contribution in [-0.4, -0.2) is 11.0 Å². The summed E-state index contributed by atoms with van der Waals surface area (Å²) in [7, 11) is 4.20. The maximum Gasteiger partial charge on any atom is 0.0159 e. The van der Waals surface area contributed by atoms with Crippen LogP contribution in [0.3, 0.4) is 0 Å². The second-order valence-corrected chi connectivity index (χ2v) is 7.03. The van der Waals surface area contributed by atoms with Crippen molar-refractivity contribution >= 4 is 21.6 Å². The van der Waals surface area contributed by atoms with E-state index in [1.54, 1.807) is 0 Å². The number of unbranched alkanes of at least 4 members (excludes halogenated alkanes) is 6. The Labute approximate surface area is 97.4 Å². The lowest BCUT2D eigenvalue weighted by molar-refractivity contribution is 0.568. The van der Waals surface area contributed by atoms with E-state index < -0.39 is 0 Å². The molecule has 1 fully saturated rings. The fourth-order valence-electron chi connectivity index (χ4n) is 1.89. The Balaban J connectivity index is 1.75. The lowest BCUT2D eigenvalue weighted by Crippen LogP contribution is -1.96. The molecule has 14 heavy (non-hydrogen) atoms. The van der Waals surface area contributed by atoms with E-state index in [9.17, 15) is 0 Å². The molecule has 1 rings (SSSR count). The summed E-state index contributed by atoms with van der Waals surface area (Å²) in [4.78, 5) is 0. The Morgan fingerprint density at radius 3 is 2.36 bits per heavy atom. The number of hydrogen-bond acceptors (Lipinski definition) is 2. The van der Waals surface area contributed by atoms with Crippen molar-refractivity contribution in [2.45, 2.75) is 70.0 Å². The first kappa shape index (κ1) is 12.8. The molecule has 0 saturated carbocycles. The molecule has 1 heterocycles. The monoisotopic (exact) mass is 232 g/mol. The average Bonchev–Trinajstić information content (AvgIpc) is 2.69. The third kappa shape index (κ3) is 6.23. The zero-order valence-electron chi connectivity index (χ0n) is 9.46. The Hall–Kier alpha value is 0.700. The first-order chi connectivity index (χ1) is 6.93. The lowest BCUT2D eigenvalue weighted by atomic mass is 10.1. The summed E-state index contributed by atoms with van der Waals surface area (Å²) in [5.74, 6) is 1.39. The van der Waals surface area contributed by atoms with Crippen LogP contribution in [0.4, 0.5) is 0 Å². The van der Waals surface area contributed by atoms with Crippen LogP contribution >= 0.6 is 21.6 Å². The fraction of sp³-hybridized carbons (Fsp3) is 1.00. The normalized spacial score (nSPS) is 21.6. The molecule has 0 aromatic rings. The molecule has 0 spiro atoms. The van der Waals surface area contributed by atoms with Crippen molar-refractivity contribution < 1.29 is 0 Å². The van der Waals surface area contributed by atoms with Gasteiger partial charge in [0, 0.05) is 11.0 Å². The molecular formula is C12H24S2. The summed E-state index contributed by atoms with van der Waals surface area (Å²) >= 11 is 0. The van der Waals surface area contributed by atoms with Crippen LogP contribution in [0.2, 0.25) is 0 Å². The van der Waals surface area contributed by atoms with Crippen LogP contribution in [-0.2, 0) is 0 Å². The molecule has 1 aliphatic rings. The first-order valence-corrected chi connectivity index (χ1v) is 8.60. The Kier molecular flexibility index (Phi) is 8.18. The first-order valence-electron chi connectivity index (χ1n) is 6.21. The van der Waals surface area contributed by atoms with Gasteiger partial charge in [-0.3, -0.25) is 0 Å². The third-order valence-corrected chi connectivity index (χ3v) is 5.86. The standard InChI is InChI=1S/C12H24S2/c1-2-3-4-5-6-7-8-9-12-10-11-13-14-12/h12H,2-11H2,1H3. The van der Waals surface area contributed by atoms with Crippen molar-refractivity contribution in [3.8, 4) is 0 Å². The van der Waals surface area contributed by atoms with Gasteiger partial charge in [-0.25, -0.2) is 0 Å². The van der Waals surface area contributed by atoms with Gasteiger partial charge in [0.05, 0.1) is 0 Å². The van der Waals surface area contributed by atoms with Gasteiger partial charge in [-0.15, -0.1) is 0 Å². The quantitative estimate of drug-likeness (QED) is 0.412. The van der Waals surface area contributed by atoms with E-state index in [1.165, 1.54) is 63.5 Å². The number of hydrogen-bond donors (Lipinski definition) is 0. The zero-order chi connectivity index (χ0) is 10.1. The average molecular weight is 232 g/mol. The van der Waals surface area contributed by atoms with E-state index in [0.29, 0.717) is 0 Å². The van der Waals surface area contributed by atoms with Gasteiger partial charge < -0.3 is 0 Å². The van der Waals surface area contributed by atoms with E-state index in [-0.39, 0.29) is 0 Å². The summed E-state index contributed by atoms with van der Waals surface area (Å²) < 4.78 is 0. The van der Waals surface area contributed by atoms with Crippen molar-refractivity contribution in [2.24, 2.45) is 0 Å². The molecule has 0 nitrogen and oxygen atoms in total. The molecule has 0 aromatic carbocycles. The summed E-state index contributed by atoms with van der Waals surface area (Å²) in [6.07, 6.45) is 13.1. The Bertz CT molecular complexity index is 119. The molecule has 0 amide bonds. The molecule has 0 N–H and O–H groups in total. The minimum absolute atomic E-state index is 0.996. The van der Waals surface area contributed by atoms with Crippen LogP contribution in [0.25, 0.3) is 0 Å². The van der Waals surface area contributed by atoms with Gasteiger partial charge in [-0.05, 0) is 12.8 Å². The second kappa shape index (κ2) is 8.96. The summed E-state index contributed by atoms with van der Waals surface area (Å²) in [5.41, 5.74) is 0. The van der Waals surface area contributed by atoms with Crippen LogP contribution in [0.5, 0.6) is 0 Å². The molecular weight excluding hydrogens is 208 g/mol. The fourth-order valence-corrected chi connectivity index (χ4v) is 4.92. The van der Waals surface area contributed by atoms with E-state index in [1.807, 2.05) is 0 Å². The molecule has 1 unspecified atom stereocenters. The summed E-state index contributed by atoms with van der Waals surface area (Å²) in [6.45, 7) is 2.29. The predicted octanol–water partition coefficient (Wildman–Crippen LogP) is 5.28. The number of rotatable bonds is 8. The summed E-state index contributed by atoms with van der Waals surface area (Å²) in [6, 6.07) is 0. The lowest BCUT2D eigenvalue weighted by Gasteiger charge is -2.06. The Morgan fingerprint density at radius 2 is 1.71 bits per heavy atom. The van der Waals surface area contributed by atoms with Gasteiger partial charge in [0.1, 0.15) is 0 Å². The van der Waals surface area contributed by atoms with Crippen LogP contribution < -0.4 is 0 Å². The minimum Gasteiger partial charge on any atom is -0.0938 e. The van der Waals surface area contributed by atoms with Crippen molar-refractivity contribution in [3.63, 3.8) is 0 Å². The van der Waals surface area contributed by atoms with Crippen molar-refractivity contribution in [1.29, 1.82) is 0 Å². The molecule has 1 atom stereocenters. The molecule has 84 valence electrons. The van der Waals surface area contributed by atoms with Crippen LogP contribution in [0.1, 0.15) is 64.7 Å². The molecule has 0 aromatic heterocycles. The highest BCUT2D eigenvalue weighted by Crippen LogP contribution is 2.39. The zero-order valence-corrected chi connectivity index (χ0v) is 11.1. The molecule has 0 bridgehead atoms. The van der Waals surface area contributed by atoms with E-state index >= 15 is 0 Å². The smallest absolute Gasteiger partial charge is 0.0159 e. The molecule has 1 aliphatic heterocycles. The Morgan fingerprint density at radius 1 is 1.00 bits per heavy atom. The van der Waals surface area contributed by atoms with E-state index in [4.69, 9.17) is 0 Å². The van der Waals surface area contributed by atoms with Crippen LogP contribution in [0, 0.1) is 0 Å². The highest BCUT2D eigenvalue weighted by molar-refractivity contribution is 8.77. The second-order valence-electron chi connectivity index (χ2n) is 4.24. The van der Waals surface area contributed by atoms with Gasteiger partial charge >= 0.3 is 0 Å². The van der Waals surface area contributed by atoms with Crippen molar-refractivity contribution in [3.05, 3.63) is 0 Å². The van der Waals surface area contributed by atoms with Crippen molar-refractivity contribution in [1.82, 2.24) is 0 Å². The van der Waals surface area contributed by atoms with Crippen LogP contribution in [0.15, 0.2) is 0 Å². The van der Waals surface area contributed by atoms with Gasteiger partial charge in [0.15, 0.2) is 0 Å². The van der Waals surface area contributed by atoms with Crippen molar-refractivity contribution in [2.75, 3.05) is 5.75 Å². The maximum absolute atomic E-state index is 2.29. The molecule has 0 aliphatic carbocycles. The highest BCUT2D eigenvalue weighted by atomic mass is 33.1. The predicted molar refractivity (Wildman–Crippen MR) is 71.1 cm³/mol. The van der Waals surface area contributed by atoms with Gasteiger partial charge in [0.2, 0.25) is 0 Å². The minimum atomic E-state index is 0.996.